The number of benzene rings is 1. The largest absolute Gasteiger partial charge is 0.478 e. The number of hydrogen-bond donors (Lipinski definition) is 1. The highest BCUT2D eigenvalue weighted by Gasteiger charge is 2.25. The van der Waals surface area contributed by atoms with E-state index in [1.807, 2.05) is 6.92 Å². The first kappa shape index (κ1) is 16.2. The Kier molecular flexibility index (Phi) is 5.31. The fourth-order valence-corrected chi connectivity index (χ4v) is 3.51. The molecule has 0 saturated carbocycles. The number of carbonyl (C=O) groups is 1. The molecule has 0 aliphatic carbocycles. The summed E-state index contributed by atoms with van der Waals surface area (Å²) in [5.74, 6) is 1.14. The highest BCUT2D eigenvalue weighted by molar-refractivity contribution is 7.89. The number of terminal acetylenes is 1. The Hall–Kier alpha value is -1.84. The van der Waals surface area contributed by atoms with Gasteiger partial charge in [0.05, 0.1) is 17.0 Å². The molecular formula is C14H17NO4S. The number of aromatic carboxylic acids is 1. The van der Waals surface area contributed by atoms with Crippen LogP contribution in [0.2, 0.25) is 0 Å². The summed E-state index contributed by atoms with van der Waals surface area (Å²) in [4.78, 5) is 11.0. The quantitative estimate of drug-likeness (QED) is 0.809. The lowest BCUT2D eigenvalue weighted by atomic mass is 10.1. The van der Waals surface area contributed by atoms with Gasteiger partial charge in [-0.1, -0.05) is 25.8 Å². The molecule has 1 N–H and O–H groups in total. The zero-order chi connectivity index (χ0) is 15.3. The van der Waals surface area contributed by atoms with Crippen molar-refractivity contribution < 1.29 is 18.3 Å². The number of aryl methyl sites for hydroxylation is 1. The fourth-order valence-electron chi connectivity index (χ4n) is 1.83. The van der Waals surface area contributed by atoms with E-state index in [-0.39, 0.29) is 23.5 Å². The number of rotatable bonds is 6. The van der Waals surface area contributed by atoms with Crippen molar-refractivity contribution in [2.24, 2.45) is 0 Å². The number of carboxylic acids is 1. The predicted molar refractivity (Wildman–Crippen MR) is 76.0 cm³/mol. The maximum Gasteiger partial charge on any atom is 0.335 e. The molecule has 0 saturated heterocycles. The van der Waals surface area contributed by atoms with Crippen LogP contribution in [0.25, 0.3) is 0 Å². The second kappa shape index (κ2) is 6.55. The van der Waals surface area contributed by atoms with E-state index in [4.69, 9.17) is 11.5 Å². The van der Waals surface area contributed by atoms with Crippen LogP contribution in [0.5, 0.6) is 0 Å². The van der Waals surface area contributed by atoms with Crippen molar-refractivity contribution >= 4 is 16.0 Å². The Labute approximate surface area is 119 Å². The van der Waals surface area contributed by atoms with E-state index in [2.05, 4.69) is 5.92 Å². The van der Waals surface area contributed by atoms with Gasteiger partial charge in [0.15, 0.2) is 0 Å². The van der Waals surface area contributed by atoms with Crippen molar-refractivity contribution in [3.63, 3.8) is 0 Å². The molecule has 1 aromatic carbocycles. The Morgan fingerprint density at radius 2 is 2.05 bits per heavy atom. The predicted octanol–water partition coefficient (Wildman–Crippen LogP) is 1.59. The molecule has 6 heteroatoms. The number of hydrogen-bond acceptors (Lipinski definition) is 3. The van der Waals surface area contributed by atoms with E-state index < -0.39 is 16.0 Å². The average molecular weight is 295 g/mol. The number of carboxylic acid groups (broad SMARTS) is 1. The third-order valence-corrected chi connectivity index (χ3v) is 4.94. The average Bonchev–Trinajstić information content (AvgIpc) is 2.43. The standard InChI is InChI=1S/C14H17NO4S/c1-4-9-15(6-3)20(18,19)13-10-12(14(16)17)8-7-11(13)5-2/h1,7-8,10H,5-6,9H2,2-3H3,(H,16,17). The van der Waals surface area contributed by atoms with Crippen LogP contribution < -0.4 is 0 Å². The van der Waals surface area contributed by atoms with Gasteiger partial charge in [-0.05, 0) is 24.1 Å². The highest BCUT2D eigenvalue weighted by atomic mass is 32.2. The van der Waals surface area contributed by atoms with Gasteiger partial charge in [-0.25, -0.2) is 13.2 Å². The molecular weight excluding hydrogens is 278 g/mol. The summed E-state index contributed by atoms with van der Waals surface area (Å²) in [6.45, 7) is 3.68. The molecule has 0 aliphatic rings. The Bertz CT molecular complexity index is 644. The molecule has 20 heavy (non-hydrogen) atoms. The second-order valence-corrected chi connectivity index (χ2v) is 6.02. The zero-order valence-electron chi connectivity index (χ0n) is 11.5. The summed E-state index contributed by atoms with van der Waals surface area (Å²) in [6.07, 6.45) is 5.67. The van der Waals surface area contributed by atoms with Gasteiger partial charge >= 0.3 is 5.97 Å². The summed E-state index contributed by atoms with van der Waals surface area (Å²) in [7, 11) is -3.78. The zero-order valence-corrected chi connectivity index (χ0v) is 12.3. The molecule has 1 aromatic rings. The van der Waals surface area contributed by atoms with E-state index in [1.54, 1.807) is 6.92 Å². The van der Waals surface area contributed by atoms with Crippen molar-refractivity contribution in [2.75, 3.05) is 13.1 Å². The lowest BCUT2D eigenvalue weighted by molar-refractivity contribution is 0.0696. The van der Waals surface area contributed by atoms with Crippen LogP contribution in [-0.4, -0.2) is 36.9 Å². The van der Waals surface area contributed by atoms with Crippen molar-refractivity contribution in [3.8, 4) is 12.3 Å². The minimum atomic E-state index is -3.78. The smallest absolute Gasteiger partial charge is 0.335 e. The summed E-state index contributed by atoms with van der Waals surface area (Å²) in [5.41, 5.74) is 0.517. The molecule has 0 heterocycles. The van der Waals surface area contributed by atoms with Crippen LogP contribution in [0.3, 0.4) is 0 Å². The summed E-state index contributed by atoms with van der Waals surface area (Å²) >= 11 is 0. The lowest BCUT2D eigenvalue weighted by Crippen LogP contribution is -2.32. The van der Waals surface area contributed by atoms with Crippen molar-refractivity contribution in [1.29, 1.82) is 0 Å². The second-order valence-electron chi connectivity index (χ2n) is 4.12. The first-order valence-electron chi connectivity index (χ1n) is 6.18. The summed E-state index contributed by atoms with van der Waals surface area (Å²) < 4.78 is 26.2. The highest BCUT2D eigenvalue weighted by Crippen LogP contribution is 2.22. The molecule has 0 fully saturated rings. The number of sulfonamides is 1. The van der Waals surface area contributed by atoms with Crippen LogP contribution in [0.1, 0.15) is 29.8 Å². The fraction of sp³-hybridized carbons (Fsp3) is 0.357. The van der Waals surface area contributed by atoms with Crippen molar-refractivity contribution in [2.45, 2.75) is 25.2 Å². The van der Waals surface area contributed by atoms with Gasteiger partial charge < -0.3 is 5.11 Å². The molecule has 0 atom stereocenters. The number of nitrogens with zero attached hydrogens (tertiary/aromatic N) is 1. The Morgan fingerprint density at radius 1 is 1.40 bits per heavy atom. The minimum Gasteiger partial charge on any atom is -0.478 e. The van der Waals surface area contributed by atoms with E-state index in [1.165, 1.54) is 18.2 Å². The normalized spacial score (nSPS) is 11.3. The summed E-state index contributed by atoms with van der Waals surface area (Å²) in [5, 5.41) is 9.00. The first-order valence-corrected chi connectivity index (χ1v) is 7.62. The molecule has 0 unspecified atom stereocenters. The van der Waals surface area contributed by atoms with E-state index >= 15 is 0 Å². The Morgan fingerprint density at radius 3 is 2.50 bits per heavy atom. The van der Waals surface area contributed by atoms with Crippen LogP contribution in [0.4, 0.5) is 0 Å². The molecule has 0 radical (unpaired) electrons. The van der Waals surface area contributed by atoms with Gasteiger partial charge in [0.2, 0.25) is 10.0 Å². The van der Waals surface area contributed by atoms with Gasteiger partial charge in [-0.15, -0.1) is 6.42 Å². The molecule has 5 nitrogen and oxygen atoms in total. The lowest BCUT2D eigenvalue weighted by Gasteiger charge is -2.20. The van der Waals surface area contributed by atoms with Crippen LogP contribution in [0.15, 0.2) is 23.1 Å². The van der Waals surface area contributed by atoms with Gasteiger partial charge in [-0.3, -0.25) is 0 Å². The van der Waals surface area contributed by atoms with E-state index in [9.17, 15) is 13.2 Å². The first-order chi connectivity index (χ1) is 9.38. The summed E-state index contributed by atoms with van der Waals surface area (Å²) in [6, 6.07) is 4.12. The van der Waals surface area contributed by atoms with Gasteiger partial charge in [-0.2, -0.15) is 4.31 Å². The van der Waals surface area contributed by atoms with Gasteiger partial charge in [0, 0.05) is 6.54 Å². The molecule has 0 aliphatic heterocycles. The molecule has 0 spiro atoms. The van der Waals surface area contributed by atoms with Gasteiger partial charge in [0.25, 0.3) is 0 Å². The third-order valence-electron chi connectivity index (χ3n) is 2.93. The van der Waals surface area contributed by atoms with Crippen LogP contribution in [-0.2, 0) is 16.4 Å². The third kappa shape index (κ3) is 3.18. The van der Waals surface area contributed by atoms with Gasteiger partial charge in [0.1, 0.15) is 0 Å². The van der Waals surface area contributed by atoms with Crippen molar-refractivity contribution in [1.82, 2.24) is 4.31 Å². The molecule has 0 amide bonds. The van der Waals surface area contributed by atoms with E-state index in [0.29, 0.717) is 12.0 Å². The molecule has 0 aromatic heterocycles. The van der Waals surface area contributed by atoms with E-state index in [0.717, 1.165) is 4.31 Å². The van der Waals surface area contributed by atoms with Crippen molar-refractivity contribution in [3.05, 3.63) is 29.3 Å². The molecule has 0 bridgehead atoms. The maximum atomic E-state index is 12.5. The molecule has 108 valence electrons. The van der Waals surface area contributed by atoms with Crippen LogP contribution in [0, 0.1) is 12.3 Å². The maximum absolute atomic E-state index is 12.5. The topological polar surface area (TPSA) is 74.7 Å². The SMILES string of the molecule is C#CCN(CC)S(=O)(=O)c1cc(C(=O)O)ccc1CC. The minimum absolute atomic E-state index is 0.0111. The molecule has 1 rings (SSSR count). The Balaban J connectivity index is 3.46. The monoisotopic (exact) mass is 295 g/mol. The van der Waals surface area contributed by atoms with Crippen LogP contribution >= 0.6 is 0 Å².